The van der Waals surface area contributed by atoms with Gasteiger partial charge in [-0.2, -0.15) is 5.26 Å². The van der Waals surface area contributed by atoms with E-state index in [1.54, 1.807) is 0 Å². The molecule has 0 aliphatic rings. The van der Waals surface area contributed by atoms with Gasteiger partial charge in [-0.25, -0.2) is 4.98 Å². The fourth-order valence-electron chi connectivity index (χ4n) is 0.989. The van der Waals surface area contributed by atoms with Crippen LogP contribution >= 0.6 is 15.9 Å². The van der Waals surface area contributed by atoms with Gasteiger partial charge in [-0.3, -0.25) is 0 Å². The molecule has 0 fully saturated rings. The monoisotopic (exact) mass is 293 g/mol. The molecule has 0 bridgehead atoms. The summed E-state index contributed by atoms with van der Waals surface area (Å²) in [6, 6.07) is 2.09. The maximum absolute atomic E-state index is 9.03. The zero-order valence-electron chi connectivity index (χ0n) is 9.43. The Morgan fingerprint density at radius 1 is 1.38 bits per heavy atom. The van der Waals surface area contributed by atoms with E-state index in [1.165, 1.54) is 6.20 Å². The van der Waals surface area contributed by atoms with Crippen LogP contribution in [0.2, 0.25) is 19.6 Å². The highest BCUT2D eigenvalue weighted by Gasteiger charge is 2.12. The third-order valence-corrected chi connectivity index (χ3v) is 3.21. The minimum absolute atomic E-state index is 0.311. The van der Waals surface area contributed by atoms with Crippen LogP contribution in [0.5, 0.6) is 0 Å². The summed E-state index contributed by atoms with van der Waals surface area (Å²) in [5.41, 5.74) is 9.89. The molecule has 0 unspecified atom stereocenters. The average molecular weight is 294 g/mol. The number of nitrogens with zero attached hydrogens (tertiary/aromatic N) is 2. The van der Waals surface area contributed by atoms with Gasteiger partial charge in [0, 0.05) is 6.20 Å². The largest absolute Gasteiger partial charge is 0.383 e. The molecule has 0 saturated heterocycles. The molecule has 16 heavy (non-hydrogen) atoms. The van der Waals surface area contributed by atoms with E-state index < -0.39 is 8.07 Å². The lowest BCUT2D eigenvalue weighted by Gasteiger charge is -2.05. The van der Waals surface area contributed by atoms with Crippen LogP contribution in [-0.4, -0.2) is 13.1 Å². The van der Waals surface area contributed by atoms with Crippen molar-refractivity contribution in [3.8, 4) is 17.5 Å². The van der Waals surface area contributed by atoms with Gasteiger partial charge >= 0.3 is 0 Å². The van der Waals surface area contributed by atoms with Gasteiger partial charge in [-0.1, -0.05) is 25.6 Å². The molecule has 0 aromatic carbocycles. The zero-order valence-corrected chi connectivity index (χ0v) is 12.0. The van der Waals surface area contributed by atoms with Crippen molar-refractivity contribution in [1.29, 1.82) is 5.26 Å². The molecule has 0 radical (unpaired) electrons. The van der Waals surface area contributed by atoms with Crippen LogP contribution in [0.15, 0.2) is 10.7 Å². The average Bonchev–Trinajstić information content (AvgIpc) is 2.17. The Kier molecular flexibility index (Phi) is 3.74. The van der Waals surface area contributed by atoms with Crippen molar-refractivity contribution in [1.82, 2.24) is 4.98 Å². The number of nitrogens with two attached hydrogens (primary N) is 1. The minimum Gasteiger partial charge on any atom is -0.383 e. The van der Waals surface area contributed by atoms with Crippen molar-refractivity contribution in [2.45, 2.75) is 19.6 Å². The van der Waals surface area contributed by atoms with Crippen molar-refractivity contribution in [2.24, 2.45) is 0 Å². The highest BCUT2D eigenvalue weighted by atomic mass is 79.9. The van der Waals surface area contributed by atoms with Crippen LogP contribution in [0.1, 0.15) is 11.1 Å². The third-order valence-electron chi connectivity index (χ3n) is 1.74. The van der Waals surface area contributed by atoms with E-state index >= 15 is 0 Å². The number of halogens is 1. The van der Waals surface area contributed by atoms with Crippen LogP contribution in [-0.2, 0) is 0 Å². The number of aromatic nitrogens is 1. The van der Waals surface area contributed by atoms with Crippen molar-refractivity contribution in [3.63, 3.8) is 0 Å². The van der Waals surface area contributed by atoms with Crippen molar-refractivity contribution >= 4 is 29.8 Å². The Bertz CT molecular complexity index is 515. The van der Waals surface area contributed by atoms with Crippen molar-refractivity contribution < 1.29 is 0 Å². The molecule has 82 valence electrons. The Morgan fingerprint density at radius 3 is 2.50 bits per heavy atom. The second kappa shape index (κ2) is 4.69. The van der Waals surface area contributed by atoms with Crippen molar-refractivity contribution in [2.75, 3.05) is 5.73 Å². The molecular formula is C11H12BrN3Si. The quantitative estimate of drug-likeness (QED) is 0.591. The van der Waals surface area contributed by atoms with Gasteiger partial charge in [0.25, 0.3) is 0 Å². The third kappa shape index (κ3) is 3.09. The summed E-state index contributed by atoms with van der Waals surface area (Å²) >= 11 is 3.26. The van der Waals surface area contributed by atoms with E-state index in [9.17, 15) is 0 Å². The molecule has 3 nitrogen and oxygen atoms in total. The van der Waals surface area contributed by atoms with Crippen LogP contribution in [0.3, 0.4) is 0 Å². The van der Waals surface area contributed by atoms with Gasteiger partial charge < -0.3 is 5.73 Å². The molecule has 1 rings (SSSR count). The molecule has 0 saturated carbocycles. The van der Waals surface area contributed by atoms with Crippen LogP contribution in [0.25, 0.3) is 0 Å². The molecule has 5 heteroatoms. The smallest absolute Gasteiger partial charge is 0.140 e. The normalized spacial score (nSPS) is 10.2. The summed E-state index contributed by atoms with van der Waals surface area (Å²) in [5.74, 6) is 3.30. The molecule has 0 amide bonds. The highest BCUT2D eigenvalue weighted by Crippen LogP contribution is 2.22. The molecular weight excluding hydrogens is 282 g/mol. The summed E-state index contributed by atoms with van der Waals surface area (Å²) in [6.45, 7) is 6.40. The molecule has 1 aromatic rings. The number of hydrogen-bond acceptors (Lipinski definition) is 3. The number of anilines is 1. The summed E-state index contributed by atoms with van der Waals surface area (Å²) in [4.78, 5) is 3.98. The number of pyridine rings is 1. The fourth-order valence-corrected chi connectivity index (χ4v) is 1.88. The highest BCUT2D eigenvalue weighted by molar-refractivity contribution is 9.10. The zero-order chi connectivity index (χ0) is 12.3. The first-order valence-electron chi connectivity index (χ1n) is 4.72. The maximum Gasteiger partial charge on any atom is 0.140 e. The van der Waals surface area contributed by atoms with Gasteiger partial charge in [0.1, 0.15) is 20.0 Å². The fraction of sp³-hybridized carbons (Fsp3) is 0.273. The van der Waals surface area contributed by atoms with Crippen LogP contribution < -0.4 is 5.73 Å². The summed E-state index contributed by atoms with van der Waals surface area (Å²) in [6.07, 6.45) is 1.52. The number of rotatable bonds is 0. The van der Waals surface area contributed by atoms with E-state index in [2.05, 4.69) is 58.1 Å². The van der Waals surface area contributed by atoms with E-state index in [-0.39, 0.29) is 0 Å². The Labute approximate surface area is 105 Å². The van der Waals surface area contributed by atoms with Gasteiger partial charge in [0.05, 0.1) is 15.6 Å². The topological polar surface area (TPSA) is 62.7 Å². The van der Waals surface area contributed by atoms with Crippen LogP contribution in [0, 0.1) is 22.8 Å². The predicted molar refractivity (Wildman–Crippen MR) is 71.3 cm³/mol. The maximum atomic E-state index is 9.03. The summed E-state index contributed by atoms with van der Waals surface area (Å²) < 4.78 is 0.629. The molecule has 0 spiro atoms. The van der Waals surface area contributed by atoms with E-state index in [4.69, 9.17) is 11.0 Å². The molecule has 1 heterocycles. The second-order valence-corrected chi connectivity index (χ2v) is 9.96. The Morgan fingerprint density at radius 2 is 2.00 bits per heavy atom. The lowest BCUT2D eigenvalue weighted by atomic mass is 10.1. The summed E-state index contributed by atoms with van der Waals surface area (Å²) in [5, 5.41) is 9.03. The molecule has 2 N–H and O–H groups in total. The first-order valence-corrected chi connectivity index (χ1v) is 9.01. The van der Waals surface area contributed by atoms with Gasteiger partial charge in [-0.15, -0.1) is 5.54 Å². The van der Waals surface area contributed by atoms with Gasteiger partial charge in [-0.05, 0) is 15.9 Å². The SMILES string of the molecule is C[Si](C)(C)C#Cc1c(N)ncc(Br)c1C#N. The minimum atomic E-state index is -1.49. The molecule has 0 atom stereocenters. The van der Waals surface area contributed by atoms with E-state index in [0.29, 0.717) is 21.4 Å². The second-order valence-electron chi connectivity index (χ2n) is 4.35. The summed E-state index contributed by atoms with van der Waals surface area (Å²) in [7, 11) is -1.49. The number of nitriles is 1. The molecule has 0 aliphatic carbocycles. The standard InChI is InChI=1S/C11H12BrN3Si/c1-16(2,3)5-4-8-9(6-13)10(12)7-15-11(8)14/h7H,1-3H3,(H2,14,15). The lowest BCUT2D eigenvalue weighted by Crippen LogP contribution is -2.16. The van der Waals surface area contributed by atoms with Gasteiger partial charge in [0.2, 0.25) is 0 Å². The van der Waals surface area contributed by atoms with E-state index in [0.717, 1.165) is 0 Å². The van der Waals surface area contributed by atoms with Crippen molar-refractivity contribution in [3.05, 3.63) is 21.8 Å². The Hall–Kier alpha value is -1.30. The first-order chi connectivity index (χ1) is 7.35. The lowest BCUT2D eigenvalue weighted by molar-refractivity contribution is 1.28. The molecule has 0 aliphatic heterocycles. The number of hydrogen-bond donors (Lipinski definition) is 1. The van der Waals surface area contributed by atoms with E-state index in [1.807, 2.05) is 0 Å². The van der Waals surface area contributed by atoms with Crippen LogP contribution in [0.4, 0.5) is 5.82 Å². The van der Waals surface area contributed by atoms with Gasteiger partial charge in [0.15, 0.2) is 0 Å². The first kappa shape index (κ1) is 12.8. The number of nitrogen functional groups attached to an aromatic ring is 1. The predicted octanol–water partition coefficient (Wildman–Crippen LogP) is 2.53. The Balaban J connectivity index is 3.38. The molecule has 1 aromatic heterocycles.